The number of esters is 1. The van der Waals surface area contributed by atoms with Crippen molar-refractivity contribution in [2.45, 2.75) is 29.6 Å². The first-order valence-electron chi connectivity index (χ1n) is 11.8. The Balaban J connectivity index is 1.62. The largest absolute Gasteiger partial charge is 0.497 e. The molecule has 2 aromatic rings. The van der Waals surface area contributed by atoms with Crippen molar-refractivity contribution in [2.24, 2.45) is 0 Å². The van der Waals surface area contributed by atoms with Crippen molar-refractivity contribution in [3.63, 3.8) is 0 Å². The second kappa shape index (κ2) is 10.9. The van der Waals surface area contributed by atoms with Crippen LogP contribution in [0.5, 0.6) is 5.75 Å². The van der Waals surface area contributed by atoms with Crippen LogP contribution in [0.15, 0.2) is 34.1 Å². The average Bonchev–Trinajstić information content (AvgIpc) is 3.06. The summed E-state index contributed by atoms with van der Waals surface area (Å²) in [6, 6.07) is 5.21. The fourth-order valence-corrected chi connectivity index (χ4v) is 8.15. The SMILES string of the molecule is COc1cc(C(C)C)c2c(c1)S(=O)(=O)N(COC(=O)c1c(Cl)ccc(S(=O)(=O)N3CCN(C)CC3)c1Cl)C2=O. The van der Waals surface area contributed by atoms with Crippen molar-refractivity contribution < 1.29 is 35.9 Å². The predicted octanol–water partition coefficient (Wildman–Crippen LogP) is 3.02. The number of amides is 1. The van der Waals surface area contributed by atoms with Crippen molar-refractivity contribution in [1.82, 2.24) is 13.5 Å². The van der Waals surface area contributed by atoms with Crippen LogP contribution in [0.25, 0.3) is 0 Å². The quantitative estimate of drug-likeness (QED) is 0.429. The van der Waals surface area contributed by atoms with E-state index in [0.717, 1.165) is 0 Å². The summed E-state index contributed by atoms with van der Waals surface area (Å²) in [7, 11) is -5.20. The molecule has 2 aromatic carbocycles. The molecular weight excluding hydrogens is 593 g/mol. The number of rotatable bonds is 7. The summed E-state index contributed by atoms with van der Waals surface area (Å²) in [4.78, 5) is 27.6. The summed E-state index contributed by atoms with van der Waals surface area (Å²) in [6.45, 7) is 4.12. The van der Waals surface area contributed by atoms with Gasteiger partial charge in [-0.15, -0.1) is 0 Å². The van der Waals surface area contributed by atoms with Crippen LogP contribution in [-0.4, -0.2) is 89.3 Å². The third-order valence-corrected chi connectivity index (χ3v) is 11.1. The maximum absolute atomic E-state index is 13.2. The number of fused-ring (bicyclic) bond motifs is 1. The molecule has 4 rings (SSSR count). The summed E-state index contributed by atoms with van der Waals surface area (Å²) >= 11 is 12.5. The highest BCUT2D eigenvalue weighted by Gasteiger charge is 2.44. The summed E-state index contributed by atoms with van der Waals surface area (Å²) in [6.07, 6.45) is 0. The Hall–Kier alpha value is -2.42. The number of piperazine rings is 1. The monoisotopic (exact) mass is 619 g/mol. The van der Waals surface area contributed by atoms with Crippen molar-refractivity contribution >= 4 is 55.1 Å². The van der Waals surface area contributed by atoms with Gasteiger partial charge in [-0.2, -0.15) is 8.61 Å². The van der Waals surface area contributed by atoms with Crippen LogP contribution in [0.3, 0.4) is 0 Å². The molecule has 0 bridgehead atoms. The van der Waals surface area contributed by atoms with Gasteiger partial charge in [0.1, 0.15) is 15.5 Å². The van der Waals surface area contributed by atoms with Crippen molar-refractivity contribution in [3.8, 4) is 5.75 Å². The Kier molecular flexibility index (Phi) is 8.23. The number of sulfonamides is 2. The number of hydrogen-bond acceptors (Lipinski definition) is 9. The van der Waals surface area contributed by atoms with Gasteiger partial charge in [-0.3, -0.25) is 4.79 Å². The Morgan fingerprint density at radius 3 is 2.33 bits per heavy atom. The van der Waals surface area contributed by atoms with E-state index in [1.807, 2.05) is 11.9 Å². The molecule has 11 nitrogen and oxygen atoms in total. The first-order valence-corrected chi connectivity index (χ1v) is 15.5. The van der Waals surface area contributed by atoms with E-state index in [-0.39, 0.29) is 45.1 Å². The van der Waals surface area contributed by atoms with Gasteiger partial charge >= 0.3 is 5.97 Å². The third kappa shape index (κ3) is 5.23. The average molecular weight is 621 g/mol. The highest BCUT2D eigenvalue weighted by Crippen LogP contribution is 2.39. The van der Waals surface area contributed by atoms with Crippen LogP contribution >= 0.6 is 23.2 Å². The van der Waals surface area contributed by atoms with Crippen LogP contribution in [0.4, 0.5) is 0 Å². The van der Waals surface area contributed by atoms with Crippen molar-refractivity contribution in [2.75, 3.05) is 47.1 Å². The zero-order valence-corrected chi connectivity index (χ0v) is 24.7. The second-order valence-electron chi connectivity index (χ2n) is 9.41. The van der Waals surface area contributed by atoms with Gasteiger partial charge in [0.15, 0.2) is 6.73 Å². The molecule has 0 spiro atoms. The zero-order chi connectivity index (χ0) is 28.9. The third-order valence-electron chi connectivity index (χ3n) is 6.63. The molecule has 39 heavy (non-hydrogen) atoms. The summed E-state index contributed by atoms with van der Waals surface area (Å²) in [5.74, 6) is -2.02. The van der Waals surface area contributed by atoms with Gasteiger partial charge in [0.2, 0.25) is 10.0 Å². The molecule has 2 aliphatic rings. The van der Waals surface area contributed by atoms with Gasteiger partial charge in [0.25, 0.3) is 15.9 Å². The fourth-order valence-electron chi connectivity index (χ4n) is 4.37. The maximum Gasteiger partial charge on any atom is 0.342 e. The topological polar surface area (TPSA) is 131 Å². The van der Waals surface area contributed by atoms with Crippen LogP contribution in [0, 0.1) is 0 Å². The molecule has 0 N–H and O–H groups in total. The number of ether oxygens (including phenoxy) is 2. The summed E-state index contributed by atoms with van der Waals surface area (Å²) < 4.78 is 65.0. The lowest BCUT2D eigenvalue weighted by Gasteiger charge is -2.31. The number of halogens is 2. The van der Waals surface area contributed by atoms with E-state index in [4.69, 9.17) is 32.7 Å². The van der Waals surface area contributed by atoms with E-state index in [9.17, 15) is 26.4 Å². The van der Waals surface area contributed by atoms with E-state index >= 15 is 0 Å². The van der Waals surface area contributed by atoms with Crippen molar-refractivity contribution in [1.29, 1.82) is 0 Å². The fraction of sp³-hybridized carbons (Fsp3) is 0.417. The Bertz CT molecular complexity index is 1550. The molecule has 1 fully saturated rings. The van der Waals surface area contributed by atoms with Gasteiger partial charge in [-0.25, -0.2) is 21.6 Å². The lowest BCUT2D eigenvalue weighted by atomic mass is 9.96. The minimum absolute atomic E-state index is 0.0295. The Morgan fingerprint density at radius 2 is 1.74 bits per heavy atom. The van der Waals surface area contributed by atoms with Crippen LogP contribution in [0.1, 0.15) is 46.0 Å². The molecule has 15 heteroatoms. The summed E-state index contributed by atoms with van der Waals surface area (Å²) in [5, 5.41) is -0.662. The van der Waals surface area contributed by atoms with Gasteiger partial charge in [0.05, 0.1) is 28.3 Å². The molecule has 2 heterocycles. The van der Waals surface area contributed by atoms with E-state index in [1.165, 1.54) is 29.6 Å². The second-order valence-corrected chi connectivity index (χ2v) is 13.9. The van der Waals surface area contributed by atoms with Gasteiger partial charge < -0.3 is 14.4 Å². The van der Waals surface area contributed by atoms with Gasteiger partial charge in [-0.1, -0.05) is 37.0 Å². The molecule has 0 aliphatic carbocycles. The number of carbonyl (C=O) groups excluding carboxylic acids is 2. The van der Waals surface area contributed by atoms with Gasteiger partial charge in [-0.05, 0) is 36.7 Å². The standard InChI is InChI=1S/C24H27Cl2N3O8S2/c1-14(2)16-11-15(36-4)12-19-20(16)23(30)29(39(19,34)35)13-37-24(31)21-17(25)5-6-18(22(21)26)38(32,33)28-9-7-27(3)8-10-28/h5-6,11-12,14H,7-10,13H2,1-4H3. The van der Waals surface area contributed by atoms with E-state index in [1.54, 1.807) is 19.9 Å². The number of methoxy groups -OCH3 is 1. The molecule has 0 radical (unpaired) electrons. The Labute approximate surface area is 237 Å². The first kappa shape index (κ1) is 29.6. The number of likely N-dealkylation sites (N-methyl/N-ethyl adjacent to an activating group) is 1. The Morgan fingerprint density at radius 1 is 1.10 bits per heavy atom. The van der Waals surface area contributed by atoms with Gasteiger partial charge in [0, 0.05) is 32.2 Å². The molecule has 212 valence electrons. The molecule has 2 aliphatic heterocycles. The van der Waals surface area contributed by atoms with Crippen LogP contribution < -0.4 is 4.74 Å². The molecule has 0 aromatic heterocycles. The van der Waals surface area contributed by atoms with E-state index in [0.29, 0.717) is 23.0 Å². The predicted molar refractivity (Wildman–Crippen MR) is 143 cm³/mol. The molecule has 1 amide bonds. The van der Waals surface area contributed by atoms with Crippen molar-refractivity contribution in [3.05, 3.63) is 51.0 Å². The van der Waals surface area contributed by atoms with E-state index < -0.39 is 49.2 Å². The molecule has 1 saturated heterocycles. The minimum atomic E-state index is -4.38. The van der Waals surface area contributed by atoms with E-state index in [2.05, 4.69) is 0 Å². The molecule has 0 saturated carbocycles. The molecule has 0 unspecified atom stereocenters. The number of nitrogens with zero attached hydrogens (tertiary/aromatic N) is 3. The number of benzene rings is 2. The lowest BCUT2D eigenvalue weighted by Crippen LogP contribution is -2.47. The van der Waals surface area contributed by atoms with Crippen LogP contribution in [0.2, 0.25) is 10.0 Å². The smallest absolute Gasteiger partial charge is 0.342 e. The zero-order valence-electron chi connectivity index (χ0n) is 21.6. The molecule has 0 atom stereocenters. The normalized spacial score (nSPS) is 17.9. The first-order chi connectivity index (χ1) is 18.2. The number of carbonyl (C=O) groups is 2. The maximum atomic E-state index is 13.2. The summed E-state index contributed by atoms with van der Waals surface area (Å²) in [5.41, 5.74) is -0.0301. The highest BCUT2D eigenvalue weighted by molar-refractivity contribution is 7.90. The lowest BCUT2D eigenvalue weighted by molar-refractivity contribution is 0.0358. The minimum Gasteiger partial charge on any atom is -0.497 e. The molecular formula is C24H27Cl2N3O8S2. The number of hydrogen-bond donors (Lipinski definition) is 0. The highest BCUT2D eigenvalue weighted by atomic mass is 35.5. The van der Waals surface area contributed by atoms with Crippen LogP contribution in [-0.2, 0) is 24.8 Å².